The summed E-state index contributed by atoms with van der Waals surface area (Å²) in [6.07, 6.45) is 0. The van der Waals surface area contributed by atoms with Gasteiger partial charge in [-0.25, -0.2) is 0 Å². The zero-order valence-corrected chi connectivity index (χ0v) is 12.1. The molecule has 0 aliphatic carbocycles. The van der Waals surface area contributed by atoms with Crippen LogP contribution in [0.5, 0.6) is 5.75 Å². The van der Waals surface area contributed by atoms with E-state index in [2.05, 4.69) is 11.4 Å². The first kappa shape index (κ1) is 12.7. The number of hydrogen-bond acceptors (Lipinski definition) is 3. The molecule has 3 aromatic rings. The minimum absolute atomic E-state index is 0.186. The molecule has 1 atom stereocenters. The van der Waals surface area contributed by atoms with E-state index in [-0.39, 0.29) is 6.04 Å². The van der Waals surface area contributed by atoms with Gasteiger partial charge in [0.15, 0.2) is 5.22 Å². The summed E-state index contributed by atoms with van der Waals surface area (Å²) in [5, 5.41) is 5.02. The van der Waals surface area contributed by atoms with E-state index < -0.39 is 0 Å². The number of halogens is 1. The van der Waals surface area contributed by atoms with Crippen molar-refractivity contribution in [2.75, 3.05) is 6.61 Å². The lowest BCUT2D eigenvalue weighted by Crippen LogP contribution is -2.21. The van der Waals surface area contributed by atoms with E-state index in [1.165, 1.54) is 5.56 Å². The lowest BCUT2D eigenvalue weighted by atomic mass is 10.1. The van der Waals surface area contributed by atoms with Gasteiger partial charge in [0.1, 0.15) is 17.9 Å². The zero-order valence-electron chi connectivity index (χ0n) is 11.3. The second kappa shape index (κ2) is 5.10. The second-order valence-corrected chi connectivity index (χ2v) is 5.48. The molecule has 0 radical (unpaired) electrons. The SMILES string of the molecule is Clc1oc2ccccc2c1CNC1COc2ccccc21. The lowest BCUT2D eigenvalue weighted by molar-refractivity contribution is 0.310. The number of rotatable bonds is 3. The molecule has 106 valence electrons. The maximum absolute atomic E-state index is 6.22. The molecule has 0 fully saturated rings. The summed E-state index contributed by atoms with van der Waals surface area (Å²) in [4.78, 5) is 0. The Morgan fingerprint density at radius 3 is 2.86 bits per heavy atom. The molecule has 1 N–H and O–H groups in total. The van der Waals surface area contributed by atoms with Gasteiger partial charge in [0, 0.05) is 23.1 Å². The van der Waals surface area contributed by atoms with Crippen LogP contribution in [0.1, 0.15) is 17.2 Å². The normalized spacial score (nSPS) is 16.9. The minimum atomic E-state index is 0.186. The predicted octanol–water partition coefficient (Wildman–Crippen LogP) is 4.31. The molecule has 4 rings (SSSR count). The molecule has 4 heteroatoms. The molecular weight excluding hydrogens is 286 g/mol. The summed E-state index contributed by atoms with van der Waals surface area (Å²) in [7, 11) is 0. The van der Waals surface area contributed by atoms with Gasteiger partial charge in [0.05, 0.1) is 6.04 Å². The summed E-state index contributed by atoms with van der Waals surface area (Å²) >= 11 is 6.22. The third-order valence-corrected chi connectivity index (χ3v) is 4.18. The number of nitrogens with one attached hydrogen (secondary N) is 1. The number of fused-ring (bicyclic) bond motifs is 2. The highest BCUT2D eigenvalue weighted by Gasteiger charge is 2.23. The topological polar surface area (TPSA) is 34.4 Å². The summed E-state index contributed by atoms with van der Waals surface area (Å²) < 4.78 is 11.3. The molecule has 1 unspecified atom stereocenters. The van der Waals surface area contributed by atoms with Crippen molar-refractivity contribution >= 4 is 22.6 Å². The van der Waals surface area contributed by atoms with E-state index in [0.717, 1.165) is 22.3 Å². The highest BCUT2D eigenvalue weighted by atomic mass is 35.5. The molecule has 21 heavy (non-hydrogen) atoms. The highest BCUT2D eigenvalue weighted by molar-refractivity contribution is 6.30. The van der Waals surface area contributed by atoms with Gasteiger partial charge in [-0.2, -0.15) is 0 Å². The van der Waals surface area contributed by atoms with Gasteiger partial charge < -0.3 is 14.5 Å². The molecule has 2 heterocycles. The summed E-state index contributed by atoms with van der Waals surface area (Å²) in [5.41, 5.74) is 3.01. The van der Waals surface area contributed by atoms with Gasteiger partial charge in [-0.3, -0.25) is 0 Å². The van der Waals surface area contributed by atoms with Crippen LogP contribution < -0.4 is 10.1 Å². The Morgan fingerprint density at radius 2 is 1.90 bits per heavy atom. The minimum Gasteiger partial charge on any atom is -0.491 e. The van der Waals surface area contributed by atoms with Crippen molar-refractivity contribution in [3.05, 3.63) is 64.9 Å². The Hall–Kier alpha value is -1.97. The van der Waals surface area contributed by atoms with Crippen LogP contribution in [0.3, 0.4) is 0 Å². The van der Waals surface area contributed by atoms with Crippen LogP contribution in [0.15, 0.2) is 52.9 Å². The number of benzene rings is 2. The molecule has 0 saturated carbocycles. The quantitative estimate of drug-likeness (QED) is 0.782. The van der Waals surface area contributed by atoms with Gasteiger partial charge in [-0.15, -0.1) is 0 Å². The molecule has 0 saturated heterocycles. The van der Waals surface area contributed by atoms with Crippen LogP contribution in [0.4, 0.5) is 0 Å². The predicted molar refractivity (Wildman–Crippen MR) is 82.7 cm³/mol. The number of hydrogen-bond donors (Lipinski definition) is 1. The fourth-order valence-corrected chi connectivity index (χ4v) is 3.04. The first-order valence-electron chi connectivity index (χ1n) is 6.94. The van der Waals surface area contributed by atoms with E-state index in [0.29, 0.717) is 18.4 Å². The molecule has 1 aromatic heterocycles. The highest BCUT2D eigenvalue weighted by Crippen LogP contribution is 2.33. The fourth-order valence-electron chi connectivity index (χ4n) is 2.79. The molecule has 0 spiro atoms. The van der Waals surface area contributed by atoms with Crippen LogP contribution in [-0.2, 0) is 6.54 Å². The van der Waals surface area contributed by atoms with E-state index in [9.17, 15) is 0 Å². The van der Waals surface area contributed by atoms with Crippen molar-refractivity contribution in [1.82, 2.24) is 5.32 Å². The molecule has 1 aliphatic heterocycles. The average Bonchev–Trinajstić information content (AvgIpc) is 3.06. The van der Waals surface area contributed by atoms with E-state index >= 15 is 0 Å². The van der Waals surface area contributed by atoms with Crippen molar-refractivity contribution < 1.29 is 9.15 Å². The van der Waals surface area contributed by atoms with Crippen LogP contribution in [0.2, 0.25) is 5.22 Å². The maximum atomic E-state index is 6.22. The van der Waals surface area contributed by atoms with Crippen LogP contribution in [0.25, 0.3) is 11.0 Å². The van der Waals surface area contributed by atoms with Crippen LogP contribution >= 0.6 is 11.6 Å². The molecular formula is C17H14ClNO2. The first-order valence-corrected chi connectivity index (χ1v) is 7.32. The third kappa shape index (κ3) is 2.19. The molecule has 3 nitrogen and oxygen atoms in total. The summed E-state index contributed by atoms with van der Waals surface area (Å²) in [5.74, 6) is 0.957. The van der Waals surface area contributed by atoms with Gasteiger partial charge in [-0.1, -0.05) is 36.4 Å². The van der Waals surface area contributed by atoms with Gasteiger partial charge in [0.25, 0.3) is 0 Å². The van der Waals surface area contributed by atoms with Gasteiger partial charge in [-0.05, 0) is 23.7 Å². The summed E-state index contributed by atoms with van der Waals surface area (Å²) in [6.45, 7) is 1.30. The maximum Gasteiger partial charge on any atom is 0.199 e. The van der Waals surface area contributed by atoms with E-state index in [1.54, 1.807) is 0 Å². The molecule has 1 aliphatic rings. The summed E-state index contributed by atoms with van der Waals surface area (Å²) in [6, 6.07) is 16.2. The standard InChI is InChI=1S/C17H14ClNO2/c18-17-13(11-5-1-4-8-16(11)21-17)9-19-14-10-20-15-7-3-2-6-12(14)15/h1-8,14,19H,9-10H2. The van der Waals surface area contributed by atoms with Crippen molar-refractivity contribution in [1.29, 1.82) is 0 Å². The zero-order chi connectivity index (χ0) is 14.2. The average molecular weight is 300 g/mol. The number of ether oxygens (including phenoxy) is 1. The Kier molecular flexibility index (Phi) is 3.09. The van der Waals surface area contributed by atoms with Crippen molar-refractivity contribution in [3.8, 4) is 5.75 Å². The largest absolute Gasteiger partial charge is 0.491 e. The van der Waals surface area contributed by atoms with Crippen molar-refractivity contribution in [2.45, 2.75) is 12.6 Å². The van der Waals surface area contributed by atoms with Crippen LogP contribution in [-0.4, -0.2) is 6.61 Å². The number of furan rings is 1. The monoisotopic (exact) mass is 299 g/mol. The fraction of sp³-hybridized carbons (Fsp3) is 0.176. The third-order valence-electron chi connectivity index (χ3n) is 3.87. The lowest BCUT2D eigenvalue weighted by Gasteiger charge is -2.11. The molecule has 0 bridgehead atoms. The Labute approximate surface area is 127 Å². The van der Waals surface area contributed by atoms with Gasteiger partial charge >= 0.3 is 0 Å². The molecule has 2 aromatic carbocycles. The number of para-hydroxylation sites is 2. The smallest absolute Gasteiger partial charge is 0.199 e. The molecule has 0 amide bonds. The van der Waals surface area contributed by atoms with E-state index in [4.69, 9.17) is 20.8 Å². The Balaban J connectivity index is 1.58. The van der Waals surface area contributed by atoms with Crippen molar-refractivity contribution in [2.24, 2.45) is 0 Å². The first-order chi connectivity index (χ1) is 10.3. The van der Waals surface area contributed by atoms with Crippen LogP contribution in [0, 0.1) is 0 Å². The Morgan fingerprint density at radius 1 is 1.10 bits per heavy atom. The second-order valence-electron chi connectivity index (χ2n) is 5.13. The van der Waals surface area contributed by atoms with Gasteiger partial charge in [0.2, 0.25) is 0 Å². The Bertz CT molecular complexity index is 796. The van der Waals surface area contributed by atoms with Crippen molar-refractivity contribution in [3.63, 3.8) is 0 Å². The van der Waals surface area contributed by atoms with E-state index in [1.807, 2.05) is 42.5 Å².